The van der Waals surface area contributed by atoms with E-state index in [1.807, 2.05) is 12.1 Å². The molecule has 9 nitrogen and oxygen atoms in total. The Morgan fingerprint density at radius 3 is 2.00 bits per heavy atom. The van der Waals surface area contributed by atoms with Gasteiger partial charge in [-0.25, -0.2) is 0 Å². The van der Waals surface area contributed by atoms with Crippen LogP contribution in [0.1, 0.15) is 40.9 Å². The highest BCUT2D eigenvalue weighted by atomic mass is 16.2. The zero-order chi connectivity index (χ0) is 29.5. The van der Waals surface area contributed by atoms with E-state index in [1.54, 1.807) is 29.2 Å². The number of hydrogen-bond acceptors (Lipinski definition) is 6. The summed E-state index contributed by atoms with van der Waals surface area (Å²) in [7, 11) is 0. The topological polar surface area (TPSA) is 102 Å². The molecule has 0 radical (unpaired) electrons. The van der Waals surface area contributed by atoms with E-state index in [0.717, 1.165) is 26.2 Å². The molecule has 3 aromatic rings. The summed E-state index contributed by atoms with van der Waals surface area (Å²) >= 11 is 0. The van der Waals surface area contributed by atoms with Crippen LogP contribution in [0.2, 0.25) is 0 Å². The highest BCUT2D eigenvalue weighted by Crippen LogP contribution is 2.29. The molecular weight excluding hydrogens is 530 g/mol. The van der Waals surface area contributed by atoms with Crippen molar-refractivity contribution < 1.29 is 19.2 Å². The summed E-state index contributed by atoms with van der Waals surface area (Å²) in [6.07, 6.45) is -0.143. The number of nitrogens with zero attached hydrogens (tertiary/aromatic N) is 3. The van der Waals surface area contributed by atoms with Crippen molar-refractivity contribution in [3.8, 4) is 0 Å². The van der Waals surface area contributed by atoms with Crippen LogP contribution in [-0.2, 0) is 14.4 Å². The Balaban J connectivity index is 1.18. The van der Waals surface area contributed by atoms with E-state index in [4.69, 9.17) is 0 Å². The number of hydrogen-bond donors (Lipinski definition) is 2. The van der Waals surface area contributed by atoms with Crippen LogP contribution in [0.4, 0.5) is 5.69 Å². The molecule has 2 fully saturated rings. The maximum atomic E-state index is 13.4. The van der Waals surface area contributed by atoms with Gasteiger partial charge in [-0.15, -0.1) is 0 Å². The van der Waals surface area contributed by atoms with Crippen molar-refractivity contribution in [2.45, 2.75) is 25.4 Å². The molecule has 2 heterocycles. The maximum Gasteiger partial charge on any atom is 0.243 e. The summed E-state index contributed by atoms with van der Waals surface area (Å²) in [6.45, 7) is 5.46. The number of benzene rings is 3. The smallest absolute Gasteiger partial charge is 0.243 e. The SMILES string of the molecule is CC(=O)c1ccc(NC(=O)C[C@@H]2C(=O)NCCN2C(=O)CN2CCN(C(c3ccccc3)c3ccccc3)CC2)cc1. The van der Waals surface area contributed by atoms with E-state index in [0.29, 0.717) is 24.3 Å². The fourth-order valence-corrected chi connectivity index (χ4v) is 5.74. The Morgan fingerprint density at radius 1 is 0.833 bits per heavy atom. The molecule has 0 unspecified atom stereocenters. The number of piperazine rings is 2. The monoisotopic (exact) mass is 567 g/mol. The van der Waals surface area contributed by atoms with Crippen molar-refractivity contribution in [2.75, 3.05) is 51.1 Å². The predicted molar refractivity (Wildman–Crippen MR) is 161 cm³/mol. The molecule has 9 heteroatoms. The van der Waals surface area contributed by atoms with Gasteiger partial charge in [0.2, 0.25) is 17.7 Å². The van der Waals surface area contributed by atoms with Crippen molar-refractivity contribution in [2.24, 2.45) is 0 Å². The average Bonchev–Trinajstić information content (AvgIpc) is 3.00. The van der Waals surface area contributed by atoms with Crippen LogP contribution in [-0.4, -0.2) is 90.1 Å². The first-order valence-corrected chi connectivity index (χ1v) is 14.4. The first kappa shape index (κ1) is 29.2. The summed E-state index contributed by atoms with van der Waals surface area (Å²) in [6, 6.07) is 26.8. The molecule has 218 valence electrons. The van der Waals surface area contributed by atoms with Gasteiger partial charge in [-0.3, -0.25) is 29.0 Å². The van der Waals surface area contributed by atoms with Crippen LogP contribution < -0.4 is 10.6 Å². The molecule has 42 heavy (non-hydrogen) atoms. The van der Waals surface area contributed by atoms with Gasteiger partial charge in [-0.1, -0.05) is 60.7 Å². The van der Waals surface area contributed by atoms with Gasteiger partial charge in [-0.2, -0.15) is 0 Å². The zero-order valence-electron chi connectivity index (χ0n) is 23.9. The Labute approximate surface area is 246 Å². The number of ketones is 1. The molecule has 3 amide bonds. The summed E-state index contributed by atoms with van der Waals surface area (Å²) in [5, 5.41) is 5.56. The molecule has 0 bridgehead atoms. The van der Waals surface area contributed by atoms with Gasteiger partial charge in [0.25, 0.3) is 0 Å². The first-order chi connectivity index (χ1) is 20.4. The van der Waals surface area contributed by atoms with E-state index in [9.17, 15) is 19.2 Å². The van der Waals surface area contributed by atoms with E-state index in [1.165, 1.54) is 18.1 Å². The minimum atomic E-state index is -0.871. The van der Waals surface area contributed by atoms with Crippen LogP contribution in [0.15, 0.2) is 84.9 Å². The Bertz CT molecular complexity index is 1350. The number of Topliss-reactive ketones (excluding diaryl/α,β-unsaturated/α-hetero) is 1. The molecular formula is C33H37N5O4. The molecule has 0 aliphatic carbocycles. The first-order valence-electron chi connectivity index (χ1n) is 14.4. The van der Waals surface area contributed by atoms with Crippen LogP contribution in [0.25, 0.3) is 0 Å². The quantitative estimate of drug-likeness (QED) is 0.386. The summed E-state index contributed by atoms with van der Waals surface area (Å²) in [5.74, 6) is -0.902. The van der Waals surface area contributed by atoms with Crippen molar-refractivity contribution in [3.05, 3.63) is 102 Å². The van der Waals surface area contributed by atoms with Gasteiger partial charge in [-0.05, 0) is 42.3 Å². The summed E-state index contributed by atoms with van der Waals surface area (Å²) < 4.78 is 0. The highest BCUT2D eigenvalue weighted by Gasteiger charge is 2.36. The van der Waals surface area contributed by atoms with E-state index in [-0.39, 0.29) is 42.5 Å². The molecule has 2 N–H and O–H groups in total. The van der Waals surface area contributed by atoms with E-state index < -0.39 is 6.04 Å². The molecule has 0 aromatic heterocycles. The lowest BCUT2D eigenvalue weighted by atomic mass is 9.96. The van der Waals surface area contributed by atoms with Crippen LogP contribution in [0, 0.1) is 0 Å². The number of nitrogens with one attached hydrogen (secondary N) is 2. The third-order valence-corrected chi connectivity index (χ3v) is 7.97. The fraction of sp³-hybridized carbons (Fsp3) is 0.333. The third kappa shape index (κ3) is 7.10. The van der Waals surface area contributed by atoms with Crippen molar-refractivity contribution >= 4 is 29.2 Å². The van der Waals surface area contributed by atoms with Crippen molar-refractivity contribution in [1.29, 1.82) is 0 Å². The van der Waals surface area contributed by atoms with E-state index >= 15 is 0 Å². The van der Waals surface area contributed by atoms with Gasteiger partial charge >= 0.3 is 0 Å². The Hall–Kier alpha value is -4.34. The molecule has 2 saturated heterocycles. The molecule has 2 aliphatic heterocycles. The number of amides is 3. The fourth-order valence-electron chi connectivity index (χ4n) is 5.74. The normalized spacial score (nSPS) is 18.0. The Morgan fingerprint density at radius 2 is 1.43 bits per heavy atom. The number of carbonyl (C=O) groups excluding carboxylic acids is 4. The number of rotatable bonds is 9. The van der Waals surface area contributed by atoms with Gasteiger partial charge in [0, 0.05) is 50.5 Å². The molecule has 5 rings (SSSR count). The van der Waals surface area contributed by atoms with Gasteiger partial charge in [0.1, 0.15) is 6.04 Å². The van der Waals surface area contributed by atoms with Gasteiger partial charge < -0.3 is 15.5 Å². The third-order valence-electron chi connectivity index (χ3n) is 7.97. The molecule has 2 aliphatic rings. The summed E-state index contributed by atoms with van der Waals surface area (Å²) in [5.41, 5.74) is 3.56. The zero-order valence-corrected chi connectivity index (χ0v) is 23.9. The highest BCUT2D eigenvalue weighted by molar-refractivity contribution is 5.98. The largest absolute Gasteiger partial charge is 0.353 e. The Kier molecular flexibility index (Phi) is 9.41. The molecule has 0 saturated carbocycles. The minimum absolute atomic E-state index is 0.0606. The lowest BCUT2D eigenvalue weighted by Crippen LogP contribution is -2.60. The molecule has 1 atom stereocenters. The predicted octanol–water partition coefficient (Wildman–Crippen LogP) is 2.95. The second-order valence-electron chi connectivity index (χ2n) is 10.8. The van der Waals surface area contributed by atoms with Crippen LogP contribution >= 0.6 is 0 Å². The van der Waals surface area contributed by atoms with Crippen LogP contribution in [0.3, 0.4) is 0 Å². The van der Waals surface area contributed by atoms with Crippen molar-refractivity contribution in [3.63, 3.8) is 0 Å². The lowest BCUT2D eigenvalue weighted by molar-refractivity contribution is -0.145. The maximum absolute atomic E-state index is 13.4. The van der Waals surface area contributed by atoms with E-state index in [2.05, 4.69) is 69.0 Å². The van der Waals surface area contributed by atoms with Gasteiger partial charge in [0.05, 0.1) is 19.0 Å². The lowest BCUT2D eigenvalue weighted by Gasteiger charge is -2.41. The molecule has 0 spiro atoms. The second kappa shape index (κ2) is 13.5. The number of carbonyl (C=O) groups is 4. The number of anilines is 1. The van der Waals surface area contributed by atoms with Crippen LogP contribution in [0.5, 0.6) is 0 Å². The minimum Gasteiger partial charge on any atom is -0.353 e. The average molecular weight is 568 g/mol. The molecule has 3 aromatic carbocycles. The standard InChI is InChI=1S/C33H37N5O4/c1-24(39)25-12-14-28(15-13-25)35-30(40)22-29-33(42)34-16-17-38(29)31(41)23-36-18-20-37(21-19-36)32(26-8-4-2-5-9-26)27-10-6-3-7-11-27/h2-15,29,32H,16-23H2,1H3,(H,34,42)(H,35,40)/t29-/m1/s1. The van der Waals surface area contributed by atoms with Crippen molar-refractivity contribution in [1.82, 2.24) is 20.0 Å². The van der Waals surface area contributed by atoms with Gasteiger partial charge in [0.15, 0.2) is 5.78 Å². The summed E-state index contributed by atoms with van der Waals surface area (Å²) in [4.78, 5) is 56.7. The second-order valence-corrected chi connectivity index (χ2v) is 10.8.